The normalized spacial score (nSPS) is 22.4. The van der Waals surface area contributed by atoms with Gasteiger partial charge in [-0.3, -0.25) is 9.59 Å². The molecule has 1 rings (SSSR count). The minimum absolute atomic E-state index is 0.260. The standard InChI is InChI=1S/C12H17F2NO5/c1-11(2,3)20-10(18)15-6-12(13,14)5-7(8(15)16)9(17)19-4/h7H,5-6H2,1-4H3. The van der Waals surface area contributed by atoms with E-state index in [1.165, 1.54) is 20.8 Å². The van der Waals surface area contributed by atoms with E-state index in [9.17, 15) is 23.2 Å². The SMILES string of the molecule is COC(=O)C1CC(F)(F)CN(C(=O)OC(C)(C)C)C1=O. The zero-order valence-electron chi connectivity index (χ0n) is 11.7. The number of carbonyl (C=O) groups excluding carboxylic acids is 3. The van der Waals surface area contributed by atoms with Gasteiger partial charge < -0.3 is 9.47 Å². The molecule has 6 nitrogen and oxygen atoms in total. The molecule has 1 unspecified atom stereocenters. The van der Waals surface area contributed by atoms with Crippen LogP contribution in [0.15, 0.2) is 0 Å². The molecule has 1 saturated heterocycles. The number of halogens is 2. The highest BCUT2D eigenvalue weighted by Gasteiger charge is 2.51. The molecular weight excluding hydrogens is 276 g/mol. The molecule has 0 aliphatic carbocycles. The van der Waals surface area contributed by atoms with Crippen LogP contribution in [0.2, 0.25) is 0 Å². The fourth-order valence-electron chi connectivity index (χ4n) is 1.75. The van der Waals surface area contributed by atoms with Crippen LogP contribution >= 0.6 is 0 Å². The highest BCUT2D eigenvalue weighted by molar-refractivity contribution is 6.04. The second-order valence-electron chi connectivity index (χ2n) is 5.54. The first kappa shape index (κ1) is 16.3. The minimum Gasteiger partial charge on any atom is -0.468 e. The van der Waals surface area contributed by atoms with Crippen molar-refractivity contribution in [3.05, 3.63) is 0 Å². The van der Waals surface area contributed by atoms with Gasteiger partial charge in [0.1, 0.15) is 11.5 Å². The fraction of sp³-hybridized carbons (Fsp3) is 0.750. The number of ether oxygens (including phenoxy) is 2. The molecule has 2 amide bonds. The molecule has 1 heterocycles. The van der Waals surface area contributed by atoms with E-state index in [0.717, 1.165) is 7.11 Å². The summed E-state index contributed by atoms with van der Waals surface area (Å²) in [4.78, 5) is 35.3. The van der Waals surface area contributed by atoms with Crippen molar-refractivity contribution >= 4 is 18.0 Å². The van der Waals surface area contributed by atoms with Crippen LogP contribution in [-0.4, -0.2) is 48.0 Å². The topological polar surface area (TPSA) is 72.9 Å². The Morgan fingerprint density at radius 2 is 1.90 bits per heavy atom. The van der Waals surface area contributed by atoms with Crippen molar-refractivity contribution in [3.8, 4) is 0 Å². The summed E-state index contributed by atoms with van der Waals surface area (Å²) in [6.07, 6.45) is -2.17. The Labute approximate surface area is 115 Å². The summed E-state index contributed by atoms with van der Waals surface area (Å²) in [6.45, 7) is 3.51. The van der Waals surface area contributed by atoms with Crippen molar-refractivity contribution in [3.63, 3.8) is 0 Å². The van der Waals surface area contributed by atoms with Gasteiger partial charge >= 0.3 is 12.1 Å². The van der Waals surface area contributed by atoms with Crippen LogP contribution in [0, 0.1) is 5.92 Å². The van der Waals surface area contributed by atoms with Gasteiger partial charge in [0.05, 0.1) is 13.7 Å². The number of esters is 1. The fourth-order valence-corrected chi connectivity index (χ4v) is 1.75. The van der Waals surface area contributed by atoms with Crippen molar-refractivity contribution in [2.45, 2.75) is 38.7 Å². The van der Waals surface area contributed by atoms with Crippen LogP contribution in [0.4, 0.5) is 13.6 Å². The van der Waals surface area contributed by atoms with Gasteiger partial charge in [0.25, 0.3) is 5.92 Å². The monoisotopic (exact) mass is 293 g/mol. The summed E-state index contributed by atoms with van der Waals surface area (Å²) in [7, 11) is 0.986. The lowest BCUT2D eigenvalue weighted by atomic mass is 9.94. The van der Waals surface area contributed by atoms with E-state index in [1.54, 1.807) is 0 Å². The number of methoxy groups -OCH3 is 1. The molecule has 1 aliphatic heterocycles. The quantitative estimate of drug-likeness (QED) is 0.542. The average Bonchev–Trinajstić information content (AvgIpc) is 2.28. The lowest BCUT2D eigenvalue weighted by molar-refractivity contribution is -0.168. The Morgan fingerprint density at radius 1 is 1.35 bits per heavy atom. The Bertz CT molecular complexity index is 430. The lowest BCUT2D eigenvalue weighted by Crippen LogP contribution is -2.56. The molecule has 0 aromatic rings. The first-order chi connectivity index (χ1) is 8.97. The van der Waals surface area contributed by atoms with Gasteiger partial charge in [-0.1, -0.05) is 0 Å². The smallest absolute Gasteiger partial charge is 0.417 e. The summed E-state index contributed by atoms with van der Waals surface area (Å²) in [5.74, 6) is -7.18. The van der Waals surface area contributed by atoms with Crippen LogP contribution in [-0.2, 0) is 19.1 Å². The molecule has 0 radical (unpaired) electrons. The van der Waals surface area contributed by atoms with Crippen LogP contribution in [0.3, 0.4) is 0 Å². The number of amides is 2. The predicted octanol–water partition coefficient (Wildman–Crippen LogP) is 1.58. The highest BCUT2D eigenvalue weighted by Crippen LogP contribution is 2.32. The molecule has 1 fully saturated rings. The van der Waals surface area contributed by atoms with Gasteiger partial charge in [0.15, 0.2) is 0 Å². The van der Waals surface area contributed by atoms with Gasteiger partial charge in [-0.05, 0) is 20.8 Å². The Morgan fingerprint density at radius 3 is 2.35 bits per heavy atom. The Kier molecular flexibility index (Phi) is 4.36. The molecule has 0 N–H and O–H groups in total. The molecule has 0 saturated carbocycles. The zero-order valence-corrected chi connectivity index (χ0v) is 11.7. The van der Waals surface area contributed by atoms with Crippen molar-refractivity contribution < 1.29 is 32.6 Å². The van der Waals surface area contributed by atoms with Crippen LogP contribution in [0.5, 0.6) is 0 Å². The molecular formula is C12H17F2NO5. The average molecular weight is 293 g/mol. The van der Waals surface area contributed by atoms with Crippen molar-refractivity contribution in [1.29, 1.82) is 0 Å². The lowest BCUT2D eigenvalue weighted by Gasteiger charge is -2.35. The van der Waals surface area contributed by atoms with Gasteiger partial charge in [0, 0.05) is 6.42 Å². The van der Waals surface area contributed by atoms with Gasteiger partial charge in [0.2, 0.25) is 5.91 Å². The van der Waals surface area contributed by atoms with E-state index >= 15 is 0 Å². The maximum atomic E-state index is 13.6. The first-order valence-corrected chi connectivity index (χ1v) is 5.97. The van der Waals surface area contributed by atoms with E-state index in [0.29, 0.717) is 0 Å². The number of carbonyl (C=O) groups is 3. The summed E-state index contributed by atoms with van der Waals surface area (Å²) in [5, 5.41) is 0. The number of nitrogens with zero attached hydrogens (tertiary/aromatic N) is 1. The predicted molar refractivity (Wildman–Crippen MR) is 63.0 cm³/mol. The zero-order chi connectivity index (χ0) is 15.7. The van der Waals surface area contributed by atoms with E-state index in [1.807, 2.05) is 0 Å². The van der Waals surface area contributed by atoms with Gasteiger partial charge in [-0.2, -0.15) is 0 Å². The number of hydrogen-bond acceptors (Lipinski definition) is 5. The number of hydrogen-bond donors (Lipinski definition) is 0. The molecule has 0 aromatic heterocycles. The number of likely N-dealkylation sites (tertiary alicyclic amines) is 1. The summed E-state index contributed by atoms with van der Waals surface area (Å²) in [6, 6.07) is 0. The third-order valence-corrected chi connectivity index (χ3v) is 2.56. The van der Waals surface area contributed by atoms with E-state index in [2.05, 4.69) is 4.74 Å². The van der Waals surface area contributed by atoms with E-state index in [-0.39, 0.29) is 4.90 Å². The van der Waals surface area contributed by atoms with Crippen LogP contribution in [0.25, 0.3) is 0 Å². The highest BCUT2D eigenvalue weighted by atomic mass is 19.3. The maximum Gasteiger partial charge on any atom is 0.417 e. The third kappa shape index (κ3) is 3.88. The minimum atomic E-state index is -3.36. The molecule has 1 aliphatic rings. The Balaban J connectivity index is 2.97. The molecule has 8 heteroatoms. The number of alkyl halides is 2. The van der Waals surface area contributed by atoms with E-state index < -0.39 is 48.4 Å². The summed E-state index contributed by atoms with van der Waals surface area (Å²) < 4.78 is 36.3. The molecule has 0 aromatic carbocycles. The molecule has 1 atom stereocenters. The molecule has 114 valence electrons. The van der Waals surface area contributed by atoms with Gasteiger partial charge in [-0.15, -0.1) is 0 Å². The van der Waals surface area contributed by atoms with Crippen LogP contribution < -0.4 is 0 Å². The third-order valence-electron chi connectivity index (χ3n) is 2.56. The largest absolute Gasteiger partial charge is 0.468 e. The van der Waals surface area contributed by atoms with Gasteiger partial charge in [-0.25, -0.2) is 18.5 Å². The number of piperidine rings is 1. The molecule has 0 spiro atoms. The summed E-state index contributed by atoms with van der Waals surface area (Å²) in [5.41, 5.74) is -0.940. The maximum absolute atomic E-state index is 13.6. The second kappa shape index (κ2) is 5.34. The van der Waals surface area contributed by atoms with Crippen molar-refractivity contribution in [2.75, 3.05) is 13.7 Å². The first-order valence-electron chi connectivity index (χ1n) is 5.97. The number of imide groups is 1. The van der Waals surface area contributed by atoms with Crippen molar-refractivity contribution in [1.82, 2.24) is 4.90 Å². The second-order valence-corrected chi connectivity index (χ2v) is 5.54. The Hall–Kier alpha value is -1.73. The van der Waals surface area contributed by atoms with Crippen molar-refractivity contribution in [2.24, 2.45) is 5.92 Å². The van der Waals surface area contributed by atoms with Crippen LogP contribution in [0.1, 0.15) is 27.2 Å². The molecule has 20 heavy (non-hydrogen) atoms. The summed E-state index contributed by atoms with van der Waals surface area (Å²) >= 11 is 0. The number of rotatable bonds is 1. The molecule has 0 bridgehead atoms. The van der Waals surface area contributed by atoms with E-state index in [4.69, 9.17) is 4.74 Å².